The fourth-order valence-electron chi connectivity index (χ4n) is 1.54. The van der Waals surface area contributed by atoms with Gasteiger partial charge < -0.3 is 9.84 Å². The maximum Gasteiger partial charge on any atom is 0.266 e. The lowest BCUT2D eigenvalue weighted by molar-refractivity contribution is 0.400. The van der Waals surface area contributed by atoms with Crippen LogP contribution in [-0.4, -0.2) is 25.1 Å². The fourth-order valence-corrected chi connectivity index (χ4v) is 2.65. The summed E-state index contributed by atoms with van der Waals surface area (Å²) >= 11 is 0. The van der Waals surface area contributed by atoms with Crippen molar-refractivity contribution in [2.75, 3.05) is 16.6 Å². The highest BCUT2D eigenvalue weighted by molar-refractivity contribution is 7.92. The number of sulfonamides is 1. The van der Waals surface area contributed by atoms with Crippen molar-refractivity contribution in [3.05, 3.63) is 30.3 Å². The summed E-state index contributed by atoms with van der Waals surface area (Å²) in [6.07, 6.45) is 2.81. The molecule has 0 aliphatic carbocycles. The number of hydrogen-bond acceptors (Lipinski definition) is 6. The Labute approximate surface area is 111 Å². The van der Waals surface area contributed by atoms with E-state index >= 15 is 0 Å². The molecule has 0 saturated carbocycles. The molecular formula is C11H14N4O3S. The third kappa shape index (κ3) is 3.02. The highest BCUT2D eigenvalue weighted by Crippen LogP contribution is 2.22. The average molecular weight is 282 g/mol. The van der Waals surface area contributed by atoms with Gasteiger partial charge in [0.15, 0.2) is 5.82 Å². The quantitative estimate of drug-likeness (QED) is 0.864. The summed E-state index contributed by atoms with van der Waals surface area (Å²) in [6.45, 7) is 4.17. The maximum atomic E-state index is 12.2. The van der Waals surface area contributed by atoms with E-state index in [-0.39, 0.29) is 10.7 Å². The molecule has 0 radical (unpaired) electrons. The second-order valence-electron chi connectivity index (χ2n) is 3.83. The zero-order chi connectivity index (χ0) is 13.9. The molecule has 19 heavy (non-hydrogen) atoms. The molecule has 2 aromatic rings. The molecule has 0 aromatic carbocycles. The maximum absolute atomic E-state index is 12.2. The molecule has 2 aromatic heterocycles. The lowest BCUT2D eigenvalue weighted by atomic mass is 10.4. The Hall–Kier alpha value is -2.09. The van der Waals surface area contributed by atoms with Gasteiger partial charge in [0.2, 0.25) is 0 Å². The molecule has 0 bridgehead atoms. The molecule has 0 aliphatic rings. The number of nitrogens with one attached hydrogen (secondary N) is 2. The minimum Gasteiger partial charge on any atom is -0.384 e. The van der Waals surface area contributed by atoms with Crippen molar-refractivity contribution in [3.8, 4) is 0 Å². The first-order chi connectivity index (χ1) is 9.03. The van der Waals surface area contributed by atoms with E-state index in [2.05, 4.69) is 20.2 Å². The van der Waals surface area contributed by atoms with E-state index in [1.54, 1.807) is 13.0 Å². The standard InChI is InChI=1S/C11H14N4O3S/c1-3-13-9-4-5-12-7-10(9)19(16,17)15-11-6-8(2)18-14-11/h4-7H,3H2,1-2H3,(H,12,13)(H,14,15). The van der Waals surface area contributed by atoms with Crippen LogP contribution >= 0.6 is 0 Å². The number of aryl methyl sites for hydroxylation is 1. The van der Waals surface area contributed by atoms with Gasteiger partial charge in [0.25, 0.3) is 10.0 Å². The van der Waals surface area contributed by atoms with Gasteiger partial charge in [-0.05, 0) is 19.9 Å². The highest BCUT2D eigenvalue weighted by Gasteiger charge is 2.20. The van der Waals surface area contributed by atoms with Crippen LogP contribution in [0.4, 0.5) is 11.5 Å². The average Bonchev–Trinajstić information content (AvgIpc) is 2.75. The van der Waals surface area contributed by atoms with Crippen molar-refractivity contribution >= 4 is 21.5 Å². The monoisotopic (exact) mass is 282 g/mol. The summed E-state index contributed by atoms with van der Waals surface area (Å²) in [5.41, 5.74) is 0.491. The van der Waals surface area contributed by atoms with Crippen molar-refractivity contribution in [2.24, 2.45) is 0 Å². The molecule has 0 aliphatic heterocycles. The van der Waals surface area contributed by atoms with E-state index in [1.807, 2.05) is 6.92 Å². The van der Waals surface area contributed by atoms with Crippen molar-refractivity contribution in [1.82, 2.24) is 10.1 Å². The van der Waals surface area contributed by atoms with Crippen LogP contribution in [0, 0.1) is 6.92 Å². The highest BCUT2D eigenvalue weighted by atomic mass is 32.2. The molecule has 0 amide bonds. The Morgan fingerprint density at radius 3 is 2.84 bits per heavy atom. The Morgan fingerprint density at radius 1 is 1.42 bits per heavy atom. The van der Waals surface area contributed by atoms with E-state index in [0.29, 0.717) is 18.0 Å². The summed E-state index contributed by atoms with van der Waals surface area (Å²) in [6, 6.07) is 3.10. The first-order valence-electron chi connectivity index (χ1n) is 5.67. The van der Waals surface area contributed by atoms with Crippen molar-refractivity contribution < 1.29 is 12.9 Å². The molecule has 0 spiro atoms. The molecular weight excluding hydrogens is 268 g/mol. The summed E-state index contributed by atoms with van der Waals surface area (Å²) < 4.78 is 31.6. The zero-order valence-corrected chi connectivity index (χ0v) is 11.4. The van der Waals surface area contributed by atoms with Gasteiger partial charge in [-0.3, -0.25) is 9.71 Å². The largest absolute Gasteiger partial charge is 0.384 e. The minimum absolute atomic E-state index is 0.0671. The molecule has 0 unspecified atom stereocenters. The molecule has 8 heteroatoms. The first-order valence-corrected chi connectivity index (χ1v) is 7.15. The molecule has 0 saturated heterocycles. The molecule has 2 N–H and O–H groups in total. The summed E-state index contributed by atoms with van der Waals surface area (Å²) in [7, 11) is -3.75. The van der Waals surface area contributed by atoms with Crippen LogP contribution in [0.15, 0.2) is 33.9 Å². The topological polar surface area (TPSA) is 97.1 Å². The fraction of sp³-hybridized carbons (Fsp3) is 0.273. The smallest absolute Gasteiger partial charge is 0.266 e. The minimum atomic E-state index is -3.75. The SMILES string of the molecule is CCNc1ccncc1S(=O)(=O)Nc1cc(C)on1. The van der Waals surface area contributed by atoms with E-state index in [9.17, 15) is 8.42 Å². The Morgan fingerprint density at radius 2 is 2.21 bits per heavy atom. The molecule has 2 rings (SSSR count). The Bertz CT molecular complexity index is 666. The first kappa shape index (κ1) is 13.3. The second-order valence-corrected chi connectivity index (χ2v) is 5.48. The molecule has 7 nitrogen and oxygen atoms in total. The lowest BCUT2D eigenvalue weighted by Crippen LogP contribution is -2.16. The van der Waals surface area contributed by atoms with E-state index < -0.39 is 10.0 Å². The van der Waals surface area contributed by atoms with Gasteiger partial charge in [0.1, 0.15) is 10.7 Å². The zero-order valence-electron chi connectivity index (χ0n) is 10.5. The predicted octanol–water partition coefficient (Wildman–Crippen LogP) is 1.61. The van der Waals surface area contributed by atoms with Crippen molar-refractivity contribution in [3.63, 3.8) is 0 Å². The Kier molecular flexibility index (Phi) is 3.70. The number of anilines is 2. The van der Waals surface area contributed by atoms with Gasteiger partial charge in [-0.25, -0.2) is 8.42 Å². The van der Waals surface area contributed by atoms with Gasteiger partial charge in [-0.15, -0.1) is 0 Å². The van der Waals surface area contributed by atoms with E-state index in [1.165, 1.54) is 18.5 Å². The summed E-state index contributed by atoms with van der Waals surface area (Å²) in [5.74, 6) is 0.666. The third-order valence-corrected chi connectivity index (χ3v) is 3.69. The van der Waals surface area contributed by atoms with Crippen LogP contribution in [0.25, 0.3) is 0 Å². The molecule has 102 valence electrons. The van der Waals surface area contributed by atoms with Crippen LogP contribution in [0.1, 0.15) is 12.7 Å². The van der Waals surface area contributed by atoms with Crippen LogP contribution in [0.3, 0.4) is 0 Å². The normalized spacial score (nSPS) is 11.3. The van der Waals surface area contributed by atoms with Crippen molar-refractivity contribution in [2.45, 2.75) is 18.7 Å². The Balaban J connectivity index is 2.34. The summed E-state index contributed by atoms with van der Waals surface area (Å²) in [4.78, 5) is 3.90. The predicted molar refractivity (Wildman–Crippen MR) is 70.4 cm³/mol. The summed E-state index contributed by atoms with van der Waals surface area (Å²) in [5, 5.41) is 6.57. The van der Waals surface area contributed by atoms with E-state index in [4.69, 9.17) is 4.52 Å². The number of aromatic nitrogens is 2. The van der Waals surface area contributed by atoms with Gasteiger partial charge in [0.05, 0.1) is 5.69 Å². The van der Waals surface area contributed by atoms with Crippen LogP contribution in [-0.2, 0) is 10.0 Å². The lowest BCUT2D eigenvalue weighted by Gasteiger charge is -2.10. The molecule has 2 heterocycles. The van der Waals surface area contributed by atoms with Gasteiger partial charge in [-0.1, -0.05) is 5.16 Å². The number of rotatable bonds is 5. The van der Waals surface area contributed by atoms with E-state index in [0.717, 1.165) is 0 Å². The van der Waals surface area contributed by atoms with Crippen LogP contribution < -0.4 is 10.0 Å². The second kappa shape index (κ2) is 5.27. The number of nitrogens with zero attached hydrogens (tertiary/aromatic N) is 2. The molecule has 0 fully saturated rings. The number of hydrogen-bond donors (Lipinski definition) is 2. The molecule has 0 atom stereocenters. The number of pyridine rings is 1. The van der Waals surface area contributed by atoms with Crippen molar-refractivity contribution in [1.29, 1.82) is 0 Å². The van der Waals surface area contributed by atoms with Gasteiger partial charge >= 0.3 is 0 Å². The van der Waals surface area contributed by atoms with Gasteiger partial charge in [0, 0.05) is 25.0 Å². The van der Waals surface area contributed by atoms with Crippen LogP contribution in [0.2, 0.25) is 0 Å². The van der Waals surface area contributed by atoms with Crippen LogP contribution in [0.5, 0.6) is 0 Å². The van der Waals surface area contributed by atoms with Gasteiger partial charge in [-0.2, -0.15) is 0 Å². The third-order valence-electron chi connectivity index (χ3n) is 2.31.